The molecule has 0 saturated carbocycles. The normalized spacial score (nSPS) is 12.4. The van der Waals surface area contributed by atoms with Crippen molar-refractivity contribution in [3.63, 3.8) is 0 Å². The van der Waals surface area contributed by atoms with Crippen molar-refractivity contribution in [2.45, 2.75) is 116 Å². The van der Waals surface area contributed by atoms with Crippen molar-refractivity contribution in [1.29, 1.82) is 0 Å². The number of allylic oxidation sites excluding steroid dienone is 1. The smallest absolute Gasteiger partial charge is 0.338 e. The van der Waals surface area contributed by atoms with Crippen LogP contribution in [0.4, 0.5) is 0 Å². The molecule has 0 amide bonds. The minimum Gasteiger partial charge on any atom is -0.394 e. The molecule has 0 aliphatic carbocycles. The number of aliphatic hydroxyl groups excluding tert-OH is 1. The number of nitrogens with two attached hydrogens (primary N) is 1. The van der Waals surface area contributed by atoms with Crippen LogP contribution in [0.25, 0.3) is 0 Å². The monoisotopic (exact) mass is 397 g/mol. The summed E-state index contributed by atoms with van der Waals surface area (Å²) in [5.41, 5.74) is 5.26. The van der Waals surface area contributed by atoms with E-state index in [1.165, 1.54) is 89.5 Å². The largest absolute Gasteiger partial charge is 0.394 e. The average Bonchev–Trinajstić information content (AvgIpc) is 2.69. The van der Waals surface area contributed by atoms with E-state index >= 15 is 0 Å². The Kier molecular flexibility index (Phi) is 19.7. The van der Waals surface area contributed by atoms with Gasteiger partial charge in [0.1, 0.15) is 6.04 Å². The summed E-state index contributed by atoms with van der Waals surface area (Å²) in [5.74, 6) is -1.63. The van der Waals surface area contributed by atoms with Gasteiger partial charge in [0.2, 0.25) is 0 Å². The fourth-order valence-electron chi connectivity index (χ4n) is 3.10. The summed E-state index contributed by atoms with van der Waals surface area (Å²) in [6, 6.07) is -1.16. The lowest BCUT2D eigenvalue weighted by molar-refractivity contribution is -0.157. The van der Waals surface area contributed by atoms with E-state index in [0.717, 1.165) is 19.3 Å². The van der Waals surface area contributed by atoms with Gasteiger partial charge >= 0.3 is 11.9 Å². The number of unbranched alkanes of at least 4 members (excludes halogenated alkanes) is 15. The maximum Gasteiger partial charge on any atom is 0.338 e. The van der Waals surface area contributed by atoms with Crippen molar-refractivity contribution in [3.8, 4) is 0 Å². The second-order valence-corrected chi connectivity index (χ2v) is 7.67. The highest BCUT2D eigenvalue weighted by atomic mass is 16.6. The van der Waals surface area contributed by atoms with Crippen LogP contribution >= 0.6 is 0 Å². The summed E-state index contributed by atoms with van der Waals surface area (Å²) in [4.78, 5) is 22.6. The highest BCUT2D eigenvalue weighted by Crippen LogP contribution is 2.13. The number of ether oxygens (including phenoxy) is 1. The van der Waals surface area contributed by atoms with E-state index in [-0.39, 0.29) is 0 Å². The first-order valence-electron chi connectivity index (χ1n) is 11.4. The third kappa shape index (κ3) is 18.2. The molecule has 0 rings (SSSR count). The molecular weight excluding hydrogens is 354 g/mol. The molecule has 0 aliphatic heterocycles. The molecular formula is C23H43NO4. The van der Waals surface area contributed by atoms with E-state index in [1.807, 2.05) is 0 Å². The van der Waals surface area contributed by atoms with Gasteiger partial charge in [0.15, 0.2) is 0 Å². The molecule has 3 N–H and O–H groups in total. The Hall–Kier alpha value is -1.20. The maximum atomic E-state index is 11.4. The van der Waals surface area contributed by atoms with Gasteiger partial charge in [0.25, 0.3) is 0 Å². The first-order chi connectivity index (χ1) is 13.6. The van der Waals surface area contributed by atoms with Crippen LogP contribution < -0.4 is 5.73 Å². The Morgan fingerprint density at radius 1 is 0.821 bits per heavy atom. The predicted molar refractivity (Wildman–Crippen MR) is 115 cm³/mol. The van der Waals surface area contributed by atoms with Crippen LogP contribution in [-0.4, -0.2) is 29.7 Å². The van der Waals surface area contributed by atoms with Crippen molar-refractivity contribution in [2.24, 2.45) is 5.73 Å². The van der Waals surface area contributed by atoms with Crippen LogP contribution in [0.15, 0.2) is 12.2 Å². The fourth-order valence-corrected chi connectivity index (χ4v) is 3.10. The van der Waals surface area contributed by atoms with Gasteiger partial charge in [0.05, 0.1) is 6.61 Å². The van der Waals surface area contributed by atoms with Gasteiger partial charge in [-0.15, -0.1) is 0 Å². The zero-order valence-electron chi connectivity index (χ0n) is 18.0. The van der Waals surface area contributed by atoms with Crippen LogP contribution in [0.3, 0.4) is 0 Å². The molecule has 1 atom stereocenters. The van der Waals surface area contributed by atoms with E-state index in [1.54, 1.807) is 6.08 Å². The van der Waals surface area contributed by atoms with Crippen molar-refractivity contribution in [1.82, 2.24) is 0 Å². The molecule has 5 nitrogen and oxygen atoms in total. The molecule has 0 aromatic carbocycles. The van der Waals surface area contributed by atoms with Gasteiger partial charge in [-0.3, -0.25) is 0 Å². The number of hydrogen-bond acceptors (Lipinski definition) is 5. The van der Waals surface area contributed by atoms with E-state index in [9.17, 15) is 9.59 Å². The van der Waals surface area contributed by atoms with Gasteiger partial charge in [0, 0.05) is 6.08 Å². The molecule has 0 saturated heterocycles. The van der Waals surface area contributed by atoms with Gasteiger partial charge in [-0.2, -0.15) is 0 Å². The summed E-state index contributed by atoms with van der Waals surface area (Å²) in [7, 11) is 0. The zero-order chi connectivity index (χ0) is 20.9. The number of hydrogen-bond donors (Lipinski definition) is 2. The predicted octanol–water partition coefficient (Wildman–Crippen LogP) is 5.19. The summed E-state index contributed by atoms with van der Waals surface area (Å²) in [6.07, 6.45) is 23.7. The second kappa shape index (κ2) is 20.5. The second-order valence-electron chi connectivity index (χ2n) is 7.67. The number of rotatable bonds is 19. The van der Waals surface area contributed by atoms with Gasteiger partial charge < -0.3 is 15.6 Å². The van der Waals surface area contributed by atoms with Crippen LogP contribution in [0.5, 0.6) is 0 Å². The summed E-state index contributed by atoms with van der Waals surface area (Å²) in [6.45, 7) is 1.73. The molecule has 0 heterocycles. The van der Waals surface area contributed by atoms with Gasteiger partial charge in [-0.1, -0.05) is 103 Å². The Balaban J connectivity index is 3.31. The molecule has 5 heteroatoms. The van der Waals surface area contributed by atoms with Crippen molar-refractivity contribution < 1.29 is 19.4 Å². The Labute approximate surface area is 172 Å². The maximum absolute atomic E-state index is 11.4. The van der Waals surface area contributed by atoms with Crippen LogP contribution in [-0.2, 0) is 14.3 Å². The van der Waals surface area contributed by atoms with Crippen molar-refractivity contribution >= 4 is 11.9 Å². The van der Waals surface area contributed by atoms with Crippen LogP contribution in [0.1, 0.15) is 110 Å². The quantitative estimate of drug-likeness (QED) is 0.135. The average molecular weight is 398 g/mol. The molecule has 0 spiro atoms. The first-order valence-corrected chi connectivity index (χ1v) is 11.4. The molecule has 0 aromatic rings. The first kappa shape index (κ1) is 26.8. The van der Waals surface area contributed by atoms with Crippen LogP contribution in [0, 0.1) is 0 Å². The molecule has 0 aliphatic rings. The van der Waals surface area contributed by atoms with Gasteiger partial charge in [-0.05, 0) is 12.8 Å². The number of esters is 2. The lowest BCUT2D eigenvalue weighted by Crippen LogP contribution is -2.36. The third-order valence-electron chi connectivity index (χ3n) is 4.93. The summed E-state index contributed by atoms with van der Waals surface area (Å²) < 4.78 is 4.48. The SMILES string of the molecule is CCCCCCCCCCCCCCCCCC=CC(=O)OC(=O)[C@@H](N)CO. The Morgan fingerprint density at radius 3 is 1.68 bits per heavy atom. The number of aliphatic hydroxyl groups is 1. The molecule has 0 aromatic heterocycles. The summed E-state index contributed by atoms with van der Waals surface area (Å²) in [5, 5.41) is 8.70. The summed E-state index contributed by atoms with van der Waals surface area (Å²) >= 11 is 0. The van der Waals surface area contributed by atoms with E-state index in [2.05, 4.69) is 11.7 Å². The van der Waals surface area contributed by atoms with E-state index in [4.69, 9.17) is 10.8 Å². The topological polar surface area (TPSA) is 89.6 Å². The highest BCUT2D eigenvalue weighted by molar-refractivity contribution is 5.93. The lowest BCUT2D eigenvalue weighted by Gasteiger charge is -2.04. The molecule has 28 heavy (non-hydrogen) atoms. The zero-order valence-corrected chi connectivity index (χ0v) is 18.0. The third-order valence-corrected chi connectivity index (χ3v) is 4.93. The van der Waals surface area contributed by atoms with Crippen molar-refractivity contribution in [2.75, 3.05) is 6.61 Å². The molecule has 0 bridgehead atoms. The minimum atomic E-state index is -1.16. The number of carbonyl (C=O) groups excluding carboxylic acids is 2. The Morgan fingerprint density at radius 2 is 1.25 bits per heavy atom. The van der Waals surface area contributed by atoms with Crippen LogP contribution in [0.2, 0.25) is 0 Å². The van der Waals surface area contributed by atoms with Gasteiger partial charge in [-0.25, -0.2) is 9.59 Å². The van der Waals surface area contributed by atoms with E-state index in [0.29, 0.717) is 0 Å². The van der Waals surface area contributed by atoms with E-state index < -0.39 is 24.6 Å². The standard InChI is InChI=1S/C23H43NO4/c1-2-3-4-5-6-7-8-9-10-11-12-13-14-15-16-17-18-19-22(26)28-23(27)21(24)20-25/h18-19,21,25H,2-17,20,24H2,1H3/t21-/m0/s1. The minimum absolute atomic E-state index is 0.533. The Bertz CT molecular complexity index is 409. The molecule has 0 radical (unpaired) electrons. The lowest BCUT2D eigenvalue weighted by atomic mass is 10.0. The van der Waals surface area contributed by atoms with Crippen molar-refractivity contribution in [3.05, 3.63) is 12.2 Å². The fraction of sp³-hybridized carbons (Fsp3) is 0.826. The number of carbonyl (C=O) groups is 2. The molecule has 164 valence electrons. The molecule has 0 unspecified atom stereocenters. The molecule has 0 fully saturated rings. The highest BCUT2D eigenvalue weighted by Gasteiger charge is 2.16.